The molecule has 3 nitrogen and oxygen atoms in total. The molecule has 0 saturated heterocycles. The van der Waals surface area contributed by atoms with Crippen LogP contribution in [0.5, 0.6) is 0 Å². The fourth-order valence-corrected chi connectivity index (χ4v) is 5.17. The smallest absolute Gasteiger partial charge is 0.210 e. The molecule has 1 aliphatic carbocycles. The van der Waals surface area contributed by atoms with Gasteiger partial charge in [-0.15, -0.1) is 0 Å². The lowest BCUT2D eigenvalue weighted by molar-refractivity contribution is 0.567. The highest BCUT2D eigenvalue weighted by Gasteiger charge is 2.45. The second kappa shape index (κ2) is 5.26. The lowest BCUT2D eigenvalue weighted by atomic mass is 10.0. The first kappa shape index (κ1) is 14.3. The number of halogens is 1. The Kier molecular flexibility index (Phi) is 3.75. The normalized spacial score (nSPS) is 17.1. The molecule has 0 bridgehead atoms. The van der Waals surface area contributed by atoms with Gasteiger partial charge in [-0.05, 0) is 63.3 Å². The van der Waals surface area contributed by atoms with Gasteiger partial charge in [0.2, 0.25) is 10.0 Å². The van der Waals surface area contributed by atoms with Crippen LogP contribution in [0.4, 0.5) is 0 Å². The second-order valence-corrected chi connectivity index (χ2v) is 8.42. The Labute approximate surface area is 131 Å². The zero-order chi connectivity index (χ0) is 14.2. The second-order valence-electron chi connectivity index (χ2n) is 5.05. The Morgan fingerprint density at radius 2 is 2.00 bits per heavy atom. The first-order valence-corrected chi connectivity index (χ1v) is 9.52. The van der Waals surface area contributed by atoms with E-state index in [1.165, 1.54) is 5.56 Å². The van der Waals surface area contributed by atoms with Crippen LogP contribution in [0.2, 0.25) is 0 Å². The van der Waals surface area contributed by atoms with Crippen molar-refractivity contribution in [2.75, 3.05) is 6.54 Å². The monoisotopic (exact) mass is 371 g/mol. The van der Waals surface area contributed by atoms with Crippen LogP contribution in [0.1, 0.15) is 18.4 Å². The van der Waals surface area contributed by atoms with Crippen molar-refractivity contribution < 1.29 is 8.42 Å². The Morgan fingerprint density at radius 1 is 1.25 bits per heavy atom. The summed E-state index contributed by atoms with van der Waals surface area (Å²) in [5.74, 6) is 0. The van der Waals surface area contributed by atoms with Crippen LogP contribution >= 0.6 is 27.3 Å². The van der Waals surface area contributed by atoms with E-state index >= 15 is 0 Å². The molecule has 1 heterocycles. The van der Waals surface area contributed by atoms with E-state index in [9.17, 15) is 8.42 Å². The summed E-state index contributed by atoms with van der Waals surface area (Å²) in [4.78, 5) is 0.293. The van der Waals surface area contributed by atoms with Gasteiger partial charge in [-0.25, -0.2) is 13.1 Å². The van der Waals surface area contributed by atoms with Crippen LogP contribution in [0.3, 0.4) is 0 Å². The fraction of sp³-hybridized carbons (Fsp3) is 0.286. The van der Waals surface area contributed by atoms with Gasteiger partial charge in [0.25, 0.3) is 0 Å². The van der Waals surface area contributed by atoms with Crippen molar-refractivity contribution in [1.82, 2.24) is 4.72 Å². The molecule has 1 aromatic carbocycles. The van der Waals surface area contributed by atoms with Gasteiger partial charge in [-0.3, -0.25) is 0 Å². The summed E-state index contributed by atoms with van der Waals surface area (Å²) in [5.41, 5.74) is 1.26. The molecule has 6 heteroatoms. The molecule has 0 amide bonds. The minimum Gasteiger partial charge on any atom is -0.210 e. The number of rotatable bonds is 5. The van der Waals surface area contributed by atoms with Gasteiger partial charge in [-0.2, -0.15) is 11.3 Å². The minimum absolute atomic E-state index is 0.00826. The first-order valence-electron chi connectivity index (χ1n) is 6.30. The van der Waals surface area contributed by atoms with Gasteiger partial charge in [0, 0.05) is 16.4 Å². The molecular weight excluding hydrogens is 358 g/mol. The summed E-state index contributed by atoms with van der Waals surface area (Å²) in [5, 5.41) is 4.15. The summed E-state index contributed by atoms with van der Waals surface area (Å²) >= 11 is 4.94. The molecule has 0 spiro atoms. The standard InChI is InChI=1S/C14H14BrNO2S2/c15-12-3-1-2-4-13(12)20(17,18)16-10-14(6-7-14)11-5-8-19-9-11/h1-5,8-9,16H,6-7,10H2. The summed E-state index contributed by atoms with van der Waals surface area (Å²) in [6.07, 6.45) is 2.09. The molecule has 1 saturated carbocycles. The van der Waals surface area contributed by atoms with E-state index in [0.29, 0.717) is 15.9 Å². The molecule has 0 atom stereocenters. The summed E-state index contributed by atoms with van der Waals surface area (Å²) in [6, 6.07) is 8.96. The van der Waals surface area contributed by atoms with E-state index in [1.807, 2.05) is 5.38 Å². The number of sulfonamides is 1. The van der Waals surface area contributed by atoms with Crippen molar-refractivity contribution in [2.45, 2.75) is 23.2 Å². The SMILES string of the molecule is O=S(=O)(NCC1(c2ccsc2)CC1)c1ccccc1Br. The Bertz CT molecular complexity index is 707. The van der Waals surface area contributed by atoms with Crippen LogP contribution in [0, 0.1) is 0 Å². The van der Waals surface area contributed by atoms with Crippen LogP contribution < -0.4 is 4.72 Å². The average Bonchev–Trinajstić information content (AvgIpc) is 3.01. The third kappa shape index (κ3) is 2.70. The van der Waals surface area contributed by atoms with E-state index < -0.39 is 10.0 Å². The molecular formula is C14H14BrNO2S2. The predicted molar refractivity (Wildman–Crippen MR) is 84.6 cm³/mol. The van der Waals surface area contributed by atoms with Crippen molar-refractivity contribution in [3.63, 3.8) is 0 Å². The van der Waals surface area contributed by atoms with E-state index in [0.717, 1.165) is 12.8 Å². The fourth-order valence-electron chi connectivity index (χ4n) is 2.26. The third-order valence-electron chi connectivity index (χ3n) is 3.71. The number of nitrogens with one attached hydrogen (secondary N) is 1. The zero-order valence-corrected chi connectivity index (χ0v) is 13.9. The molecule has 20 heavy (non-hydrogen) atoms. The van der Waals surface area contributed by atoms with E-state index in [2.05, 4.69) is 32.1 Å². The number of thiophene rings is 1. The maximum absolute atomic E-state index is 12.4. The number of benzene rings is 1. The quantitative estimate of drug-likeness (QED) is 0.873. The van der Waals surface area contributed by atoms with Crippen molar-refractivity contribution in [2.24, 2.45) is 0 Å². The van der Waals surface area contributed by atoms with Crippen LogP contribution in [0.15, 0.2) is 50.5 Å². The van der Waals surface area contributed by atoms with E-state index in [-0.39, 0.29) is 5.41 Å². The number of hydrogen-bond acceptors (Lipinski definition) is 3. The van der Waals surface area contributed by atoms with Crippen LogP contribution in [0.25, 0.3) is 0 Å². The van der Waals surface area contributed by atoms with Gasteiger partial charge in [0.1, 0.15) is 0 Å². The van der Waals surface area contributed by atoms with Crippen LogP contribution in [-0.4, -0.2) is 15.0 Å². The maximum Gasteiger partial charge on any atom is 0.241 e. The third-order valence-corrected chi connectivity index (χ3v) is 6.81. The van der Waals surface area contributed by atoms with Gasteiger partial charge in [0.15, 0.2) is 0 Å². The molecule has 106 valence electrons. The lowest BCUT2D eigenvalue weighted by Crippen LogP contribution is -2.32. The van der Waals surface area contributed by atoms with E-state index in [4.69, 9.17) is 0 Å². The maximum atomic E-state index is 12.4. The molecule has 0 aliphatic heterocycles. The van der Waals surface area contributed by atoms with Gasteiger partial charge < -0.3 is 0 Å². The topological polar surface area (TPSA) is 46.2 Å². The predicted octanol–water partition coefficient (Wildman–Crippen LogP) is 3.52. The first-order chi connectivity index (χ1) is 9.54. The molecule has 0 radical (unpaired) electrons. The van der Waals surface area contributed by atoms with E-state index in [1.54, 1.807) is 35.6 Å². The summed E-state index contributed by atoms with van der Waals surface area (Å²) in [6.45, 7) is 0.466. The minimum atomic E-state index is -3.47. The molecule has 0 unspecified atom stereocenters. The summed E-state index contributed by atoms with van der Waals surface area (Å²) in [7, 11) is -3.47. The van der Waals surface area contributed by atoms with Crippen molar-refractivity contribution in [1.29, 1.82) is 0 Å². The molecule has 1 aliphatic rings. The molecule has 1 aromatic heterocycles. The van der Waals surface area contributed by atoms with Crippen molar-refractivity contribution in [3.8, 4) is 0 Å². The number of hydrogen-bond donors (Lipinski definition) is 1. The largest absolute Gasteiger partial charge is 0.241 e. The highest BCUT2D eigenvalue weighted by atomic mass is 79.9. The summed E-state index contributed by atoms with van der Waals surface area (Å²) < 4.78 is 28.1. The zero-order valence-electron chi connectivity index (χ0n) is 10.7. The van der Waals surface area contributed by atoms with Crippen LogP contribution in [-0.2, 0) is 15.4 Å². The molecule has 1 N–H and O–H groups in total. The Morgan fingerprint density at radius 3 is 2.60 bits per heavy atom. The molecule has 3 rings (SSSR count). The molecule has 1 fully saturated rings. The van der Waals surface area contributed by atoms with Crippen molar-refractivity contribution >= 4 is 37.3 Å². The lowest BCUT2D eigenvalue weighted by Gasteiger charge is -2.15. The van der Waals surface area contributed by atoms with Crippen molar-refractivity contribution in [3.05, 3.63) is 51.1 Å². The highest BCUT2D eigenvalue weighted by molar-refractivity contribution is 9.10. The Balaban J connectivity index is 1.77. The van der Waals surface area contributed by atoms with Gasteiger partial charge in [0.05, 0.1) is 4.90 Å². The highest BCUT2D eigenvalue weighted by Crippen LogP contribution is 2.48. The van der Waals surface area contributed by atoms with Gasteiger partial charge in [-0.1, -0.05) is 12.1 Å². The molecule has 2 aromatic rings. The Hall–Kier alpha value is -0.690. The van der Waals surface area contributed by atoms with Gasteiger partial charge >= 0.3 is 0 Å². The average molecular weight is 372 g/mol.